The van der Waals surface area contributed by atoms with Crippen molar-refractivity contribution in [1.29, 1.82) is 0 Å². The zero-order valence-electron chi connectivity index (χ0n) is 11.3. The van der Waals surface area contributed by atoms with Crippen LogP contribution >= 0.6 is 0 Å². The molecule has 0 radical (unpaired) electrons. The van der Waals surface area contributed by atoms with Gasteiger partial charge in [0, 0.05) is 24.5 Å². The Labute approximate surface area is 112 Å². The molecular weight excluding hydrogens is 248 g/mol. The minimum atomic E-state index is -0.900. The quantitative estimate of drug-likeness (QED) is 0.767. The van der Waals surface area contributed by atoms with Crippen LogP contribution in [-0.4, -0.2) is 31.1 Å². The zero-order chi connectivity index (χ0) is 14.4. The van der Waals surface area contributed by atoms with Crippen LogP contribution in [0.2, 0.25) is 0 Å². The summed E-state index contributed by atoms with van der Waals surface area (Å²) in [6.45, 7) is 1.74. The molecule has 0 heterocycles. The van der Waals surface area contributed by atoms with Crippen molar-refractivity contribution in [3.05, 3.63) is 23.8 Å². The molecule has 1 N–H and O–H groups in total. The number of ether oxygens (including phenoxy) is 2. The van der Waals surface area contributed by atoms with Crippen LogP contribution in [0.4, 0.5) is 0 Å². The normalized spacial score (nSPS) is 11.7. The van der Waals surface area contributed by atoms with Crippen LogP contribution < -0.4 is 9.47 Å². The molecule has 0 saturated heterocycles. The van der Waals surface area contributed by atoms with Gasteiger partial charge in [0.2, 0.25) is 0 Å². The Kier molecular flexibility index (Phi) is 5.36. The number of benzene rings is 1. The number of carbonyl (C=O) groups excluding carboxylic acids is 1. The number of carboxylic acid groups (broad SMARTS) is 1. The number of carboxylic acids is 1. The molecule has 1 atom stereocenters. The third-order valence-corrected chi connectivity index (χ3v) is 2.73. The fraction of sp³-hybridized carbons (Fsp3) is 0.429. The van der Waals surface area contributed by atoms with E-state index < -0.39 is 5.97 Å². The van der Waals surface area contributed by atoms with E-state index in [0.717, 1.165) is 0 Å². The van der Waals surface area contributed by atoms with Crippen LogP contribution in [0, 0.1) is 5.92 Å². The summed E-state index contributed by atoms with van der Waals surface area (Å²) >= 11 is 0. The van der Waals surface area contributed by atoms with Crippen LogP contribution in [-0.2, 0) is 4.79 Å². The van der Waals surface area contributed by atoms with Crippen molar-refractivity contribution in [2.75, 3.05) is 14.2 Å². The van der Waals surface area contributed by atoms with Gasteiger partial charge in [-0.1, -0.05) is 6.92 Å². The molecule has 0 aliphatic carbocycles. The van der Waals surface area contributed by atoms with E-state index in [9.17, 15) is 9.59 Å². The van der Waals surface area contributed by atoms with E-state index in [1.54, 1.807) is 25.1 Å². The van der Waals surface area contributed by atoms with Crippen molar-refractivity contribution in [2.24, 2.45) is 5.92 Å². The van der Waals surface area contributed by atoms with Crippen molar-refractivity contribution in [1.82, 2.24) is 0 Å². The summed E-state index contributed by atoms with van der Waals surface area (Å²) in [5.41, 5.74) is 0.466. The van der Waals surface area contributed by atoms with Crippen LogP contribution in [0.15, 0.2) is 18.2 Å². The van der Waals surface area contributed by atoms with Crippen molar-refractivity contribution in [2.45, 2.75) is 19.8 Å². The molecule has 1 aromatic rings. The average molecular weight is 266 g/mol. The standard InChI is InChI=1S/C14H18O5/c1-9(5-14(16)17)4-13(15)10-6-11(18-2)8-12(7-10)19-3/h6-9H,4-5H2,1-3H3,(H,16,17)/t9-/m0/s1. The highest BCUT2D eigenvalue weighted by Crippen LogP contribution is 2.24. The Bertz CT molecular complexity index is 445. The third kappa shape index (κ3) is 4.62. The maximum atomic E-state index is 12.1. The van der Waals surface area contributed by atoms with Gasteiger partial charge in [0.1, 0.15) is 11.5 Å². The molecule has 0 aliphatic rings. The van der Waals surface area contributed by atoms with Gasteiger partial charge in [-0.15, -0.1) is 0 Å². The summed E-state index contributed by atoms with van der Waals surface area (Å²) in [6.07, 6.45) is 0.162. The summed E-state index contributed by atoms with van der Waals surface area (Å²) in [4.78, 5) is 22.6. The second-order valence-corrected chi connectivity index (χ2v) is 4.43. The molecule has 1 aromatic carbocycles. The summed E-state index contributed by atoms with van der Waals surface area (Å²) in [7, 11) is 3.02. The van der Waals surface area contributed by atoms with E-state index in [-0.39, 0.29) is 24.5 Å². The first-order valence-corrected chi connectivity index (χ1v) is 5.94. The molecule has 1 rings (SSSR count). The van der Waals surface area contributed by atoms with Gasteiger partial charge in [0.25, 0.3) is 0 Å². The van der Waals surface area contributed by atoms with E-state index in [4.69, 9.17) is 14.6 Å². The molecule has 0 amide bonds. The molecule has 19 heavy (non-hydrogen) atoms. The predicted octanol–water partition coefficient (Wildman–Crippen LogP) is 2.39. The van der Waals surface area contributed by atoms with Gasteiger partial charge in [-0.25, -0.2) is 0 Å². The van der Waals surface area contributed by atoms with Gasteiger partial charge in [-0.05, 0) is 18.1 Å². The Hall–Kier alpha value is -2.04. The second kappa shape index (κ2) is 6.78. The van der Waals surface area contributed by atoms with Crippen LogP contribution in [0.1, 0.15) is 30.1 Å². The van der Waals surface area contributed by atoms with E-state index in [0.29, 0.717) is 17.1 Å². The zero-order valence-corrected chi connectivity index (χ0v) is 11.3. The first-order chi connectivity index (χ1) is 8.96. The number of methoxy groups -OCH3 is 2. The van der Waals surface area contributed by atoms with Crippen LogP contribution in [0.25, 0.3) is 0 Å². The van der Waals surface area contributed by atoms with Gasteiger partial charge >= 0.3 is 5.97 Å². The molecule has 0 bridgehead atoms. The number of ketones is 1. The van der Waals surface area contributed by atoms with Crippen molar-refractivity contribution in [3.63, 3.8) is 0 Å². The second-order valence-electron chi connectivity index (χ2n) is 4.43. The number of hydrogen-bond acceptors (Lipinski definition) is 4. The summed E-state index contributed by atoms with van der Waals surface area (Å²) < 4.78 is 10.2. The van der Waals surface area contributed by atoms with E-state index in [1.165, 1.54) is 14.2 Å². The van der Waals surface area contributed by atoms with E-state index >= 15 is 0 Å². The summed E-state index contributed by atoms with van der Waals surface area (Å²) in [6, 6.07) is 4.92. The topological polar surface area (TPSA) is 72.8 Å². The number of Topliss-reactive ketones (excluding diaryl/α,β-unsaturated/α-hetero) is 1. The molecule has 0 spiro atoms. The molecule has 5 nitrogen and oxygen atoms in total. The molecule has 0 aromatic heterocycles. The van der Waals surface area contributed by atoms with E-state index in [2.05, 4.69) is 0 Å². The number of aliphatic carboxylic acids is 1. The Morgan fingerprint density at radius 1 is 1.11 bits per heavy atom. The Morgan fingerprint density at radius 3 is 2.05 bits per heavy atom. The first kappa shape index (κ1) is 15.0. The highest BCUT2D eigenvalue weighted by Gasteiger charge is 2.15. The fourth-order valence-electron chi connectivity index (χ4n) is 1.77. The van der Waals surface area contributed by atoms with Crippen molar-refractivity contribution in [3.8, 4) is 11.5 Å². The lowest BCUT2D eigenvalue weighted by Gasteiger charge is -2.10. The van der Waals surface area contributed by atoms with Gasteiger partial charge in [-0.3, -0.25) is 9.59 Å². The lowest BCUT2D eigenvalue weighted by Crippen LogP contribution is -2.10. The third-order valence-electron chi connectivity index (χ3n) is 2.73. The first-order valence-electron chi connectivity index (χ1n) is 5.94. The minimum Gasteiger partial charge on any atom is -0.497 e. The number of carbonyl (C=O) groups is 2. The number of hydrogen-bond donors (Lipinski definition) is 1. The maximum Gasteiger partial charge on any atom is 0.303 e. The van der Waals surface area contributed by atoms with Crippen LogP contribution in [0.3, 0.4) is 0 Å². The fourth-order valence-corrected chi connectivity index (χ4v) is 1.77. The van der Waals surface area contributed by atoms with Crippen LogP contribution in [0.5, 0.6) is 11.5 Å². The van der Waals surface area contributed by atoms with Gasteiger partial charge in [-0.2, -0.15) is 0 Å². The molecule has 5 heteroatoms. The molecule has 0 unspecified atom stereocenters. The molecule has 0 saturated carbocycles. The lowest BCUT2D eigenvalue weighted by molar-refractivity contribution is -0.137. The summed E-state index contributed by atoms with van der Waals surface area (Å²) in [5, 5.41) is 8.68. The van der Waals surface area contributed by atoms with Crippen molar-refractivity contribution >= 4 is 11.8 Å². The SMILES string of the molecule is COc1cc(OC)cc(C(=O)C[C@H](C)CC(=O)O)c1. The van der Waals surface area contributed by atoms with Crippen molar-refractivity contribution < 1.29 is 24.2 Å². The lowest BCUT2D eigenvalue weighted by atomic mass is 9.97. The Balaban J connectivity index is 2.83. The number of rotatable bonds is 7. The van der Waals surface area contributed by atoms with Gasteiger partial charge in [0.15, 0.2) is 5.78 Å². The minimum absolute atomic E-state index is 0.0210. The molecular formula is C14H18O5. The smallest absolute Gasteiger partial charge is 0.303 e. The molecule has 104 valence electrons. The van der Waals surface area contributed by atoms with E-state index in [1.807, 2.05) is 0 Å². The Morgan fingerprint density at radius 2 is 1.63 bits per heavy atom. The highest BCUT2D eigenvalue weighted by atomic mass is 16.5. The monoisotopic (exact) mass is 266 g/mol. The predicted molar refractivity (Wildman–Crippen MR) is 69.9 cm³/mol. The largest absolute Gasteiger partial charge is 0.497 e. The van der Waals surface area contributed by atoms with Gasteiger partial charge in [0.05, 0.1) is 14.2 Å². The maximum absolute atomic E-state index is 12.1. The summed E-state index contributed by atoms with van der Waals surface area (Å²) in [5.74, 6) is -0.154. The van der Waals surface area contributed by atoms with Gasteiger partial charge < -0.3 is 14.6 Å². The molecule has 0 aliphatic heterocycles. The highest BCUT2D eigenvalue weighted by molar-refractivity contribution is 5.97. The average Bonchev–Trinajstić information content (AvgIpc) is 2.36. The molecule has 0 fully saturated rings.